The molecule has 0 unspecified atom stereocenters. The minimum Gasteiger partial charge on any atom is -0.382 e. The maximum atomic E-state index is 13.2. The quantitative estimate of drug-likeness (QED) is 0.516. The maximum Gasteiger partial charge on any atom is 0.317 e. The van der Waals surface area contributed by atoms with E-state index in [9.17, 15) is 9.59 Å². The van der Waals surface area contributed by atoms with E-state index in [1.54, 1.807) is 16.2 Å². The Labute approximate surface area is 183 Å². The number of carbonyl (C=O) groups excluding carboxylic acids is 2. The number of carbonyl (C=O) groups is 2. The normalized spacial score (nSPS) is 10.6. The van der Waals surface area contributed by atoms with Crippen LogP contribution in [0.1, 0.15) is 35.6 Å². The fourth-order valence-electron chi connectivity index (χ4n) is 3.07. The van der Waals surface area contributed by atoms with E-state index in [2.05, 4.69) is 24.4 Å². The zero-order valence-electron chi connectivity index (χ0n) is 18.2. The van der Waals surface area contributed by atoms with Crippen molar-refractivity contribution >= 4 is 23.3 Å². The first-order valence-electron chi connectivity index (χ1n) is 10.5. The van der Waals surface area contributed by atoms with Gasteiger partial charge in [0.05, 0.1) is 6.54 Å². The van der Waals surface area contributed by atoms with Crippen molar-refractivity contribution in [2.75, 3.05) is 32.8 Å². The van der Waals surface area contributed by atoms with Crippen LogP contribution in [-0.4, -0.2) is 54.6 Å². The Morgan fingerprint density at radius 3 is 2.43 bits per heavy atom. The molecule has 1 heterocycles. The molecule has 1 N–H and O–H groups in total. The Morgan fingerprint density at radius 1 is 1.03 bits per heavy atom. The topological polar surface area (TPSA) is 61.9 Å². The second kappa shape index (κ2) is 13.0. The Morgan fingerprint density at radius 2 is 1.80 bits per heavy atom. The molecular weight excluding hydrogens is 398 g/mol. The van der Waals surface area contributed by atoms with Crippen LogP contribution in [-0.2, 0) is 22.6 Å². The second-order valence-corrected chi connectivity index (χ2v) is 8.43. The van der Waals surface area contributed by atoms with Gasteiger partial charge >= 0.3 is 6.03 Å². The van der Waals surface area contributed by atoms with Gasteiger partial charge in [-0.25, -0.2) is 4.79 Å². The van der Waals surface area contributed by atoms with E-state index in [0.29, 0.717) is 45.8 Å². The van der Waals surface area contributed by atoms with Gasteiger partial charge in [-0.1, -0.05) is 30.3 Å². The van der Waals surface area contributed by atoms with Gasteiger partial charge in [0.15, 0.2) is 0 Å². The number of benzene rings is 1. The molecule has 0 bridgehead atoms. The molecule has 0 aliphatic carbocycles. The van der Waals surface area contributed by atoms with Crippen molar-refractivity contribution in [3.63, 3.8) is 0 Å². The largest absolute Gasteiger partial charge is 0.382 e. The third-order valence-electron chi connectivity index (χ3n) is 4.57. The zero-order valence-corrected chi connectivity index (χ0v) is 19.0. The number of nitrogens with zero attached hydrogens (tertiary/aromatic N) is 2. The minimum atomic E-state index is -0.214. The first-order valence-corrected chi connectivity index (χ1v) is 11.3. The number of rotatable bonds is 12. The summed E-state index contributed by atoms with van der Waals surface area (Å²) in [6, 6.07) is 13.9. The molecule has 0 aliphatic heterocycles. The molecule has 0 saturated carbocycles. The van der Waals surface area contributed by atoms with Crippen molar-refractivity contribution in [3.05, 3.63) is 57.8 Å². The van der Waals surface area contributed by atoms with Gasteiger partial charge in [0, 0.05) is 42.6 Å². The van der Waals surface area contributed by atoms with Crippen LogP contribution in [0.25, 0.3) is 0 Å². The maximum absolute atomic E-state index is 13.2. The Balaban J connectivity index is 2.10. The minimum absolute atomic E-state index is 0.0507. The molecule has 2 rings (SSSR count). The van der Waals surface area contributed by atoms with Gasteiger partial charge in [-0.2, -0.15) is 0 Å². The average molecular weight is 432 g/mol. The van der Waals surface area contributed by atoms with Gasteiger partial charge in [0.1, 0.15) is 6.54 Å². The highest BCUT2D eigenvalue weighted by Gasteiger charge is 2.22. The molecule has 1 aromatic carbocycles. The molecule has 0 saturated heterocycles. The van der Waals surface area contributed by atoms with Gasteiger partial charge in [0.2, 0.25) is 5.91 Å². The molecule has 0 aliphatic rings. The van der Waals surface area contributed by atoms with Crippen LogP contribution in [0.2, 0.25) is 0 Å². The summed E-state index contributed by atoms with van der Waals surface area (Å²) in [6.07, 6.45) is 0.695. The van der Waals surface area contributed by atoms with E-state index in [4.69, 9.17) is 4.74 Å². The molecule has 0 radical (unpaired) electrons. The molecule has 1 aromatic heterocycles. The third-order valence-corrected chi connectivity index (χ3v) is 5.56. The summed E-state index contributed by atoms with van der Waals surface area (Å²) in [6.45, 7) is 9.20. The van der Waals surface area contributed by atoms with Gasteiger partial charge < -0.3 is 19.9 Å². The van der Waals surface area contributed by atoms with E-state index in [0.717, 1.165) is 10.4 Å². The first-order chi connectivity index (χ1) is 14.5. The molecule has 164 valence electrons. The zero-order chi connectivity index (χ0) is 21.8. The van der Waals surface area contributed by atoms with Crippen molar-refractivity contribution in [1.82, 2.24) is 15.1 Å². The number of urea groups is 1. The van der Waals surface area contributed by atoms with Crippen LogP contribution >= 0.6 is 11.3 Å². The fraction of sp³-hybridized carbons (Fsp3) is 0.478. The van der Waals surface area contributed by atoms with Crippen LogP contribution in [0.3, 0.4) is 0 Å². The molecule has 7 heteroatoms. The monoisotopic (exact) mass is 431 g/mol. The van der Waals surface area contributed by atoms with Gasteiger partial charge in [-0.15, -0.1) is 11.3 Å². The van der Waals surface area contributed by atoms with E-state index in [1.165, 1.54) is 4.88 Å². The SMILES string of the molecule is CCNC(=O)N(CCCOCC)CC(=O)N(Cc1ccccc1)Cc1ccc(C)s1. The smallest absolute Gasteiger partial charge is 0.317 e. The predicted molar refractivity (Wildman–Crippen MR) is 122 cm³/mol. The standard InChI is InChI=1S/C23H33N3O3S/c1-4-24-23(28)25(14-9-15-29-5-2)18-22(27)26(16-20-10-7-6-8-11-20)17-21-13-12-19(3)30-21/h6-8,10-13H,4-5,9,14-18H2,1-3H3,(H,24,28). The van der Waals surface area contributed by atoms with Crippen molar-refractivity contribution in [2.45, 2.75) is 40.3 Å². The lowest BCUT2D eigenvalue weighted by Crippen LogP contribution is -2.47. The lowest BCUT2D eigenvalue weighted by molar-refractivity contribution is -0.133. The number of aryl methyl sites for hydroxylation is 1. The van der Waals surface area contributed by atoms with Crippen LogP contribution in [0, 0.1) is 6.92 Å². The average Bonchev–Trinajstić information content (AvgIpc) is 3.15. The predicted octanol–water partition coefficient (Wildman–Crippen LogP) is 4.04. The number of hydrogen-bond acceptors (Lipinski definition) is 4. The third kappa shape index (κ3) is 8.16. The summed E-state index contributed by atoms with van der Waals surface area (Å²) < 4.78 is 5.38. The molecule has 0 fully saturated rings. The molecule has 30 heavy (non-hydrogen) atoms. The number of amides is 3. The van der Waals surface area contributed by atoms with Crippen molar-refractivity contribution < 1.29 is 14.3 Å². The summed E-state index contributed by atoms with van der Waals surface area (Å²) in [7, 11) is 0. The molecule has 0 atom stereocenters. The van der Waals surface area contributed by atoms with Crippen LogP contribution in [0.5, 0.6) is 0 Å². The van der Waals surface area contributed by atoms with Gasteiger partial charge in [-0.3, -0.25) is 4.79 Å². The van der Waals surface area contributed by atoms with Gasteiger partial charge in [0.25, 0.3) is 0 Å². The number of hydrogen-bond donors (Lipinski definition) is 1. The summed E-state index contributed by atoms with van der Waals surface area (Å²) in [5.41, 5.74) is 1.07. The molecule has 2 aromatic rings. The number of thiophene rings is 1. The Bertz CT molecular complexity index is 779. The van der Waals surface area contributed by atoms with E-state index in [1.807, 2.05) is 49.1 Å². The highest BCUT2D eigenvalue weighted by atomic mass is 32.1. The van der Waals surface area contributed by atoms with Crippen molar-refractivity contribution in [1.29, 1.82) is 0 Å². The van der Waals surface area contributed by atoms with E-state index < -0.39 is 0 Å². The van der Waals surface area contributed by atoms with E-state index in [-0.39, 0.29) is 18.5 Å². The fourth-order valence-corrected chi connectivity index (χ4v) is 3.98. The Hall–Kier alpha value is -2.38. The number of ether oxygens (including phenoxy) is 1. The Kier molecular flexibility index (Phi) is 10.4. The number of nitrogens with one attached hydrogen (secondary N) is 1. The molecule has 3 amide bonds. The van der Waals surface area contributed by atoms with Crippen molar-refractivity contribution in [3.8, 4) is 0 Å². The van der Waals surface area contributed by atoms with Crippen LogP contribution in [0.15, 0.2) is 42.5 Å². The summed E-state index contributed by atoms with van der Waals surface area (Å²) in [5.74, 6) is -0.0624. The summed E-state index contributed by atoms with van der Waals surface area (Å²) in [4.78, 5) is 31.5. The molecular formula is C23H33N3O3S. The lowest BCUT2D eigenvalue weighted by Gasteiger charge is -2.27. The van der Waals surface area contributed by atoms with Crippen LogP contribution < -0.4 is 5.32 Å². The van der Waals surface area contributed by atoms with Crippen LogP contribution in [0.4, 0.5) is 4.79 Å². The summed E-state index contributed by atoms with van der Waals surface area (Å²) >= 11 is 1.69. The highest BCUT2D eigenvalue weighted by molar-refractivity contribution is 7.11. The molecule has 6 nitrogen and oxygen atoms in total. The summed E-state index contributed by atoms with van der Waals surface area (Å²) in [5, 5.41) is 2.81. The highest BCUT2D eigenvalue weighted by Crippen LogP contribution is 2.19. The van der Waals surface area contributed by atoms with E-state index >= 15 is 0 Å². The second-order valence-electron chi connectivity index (χ2n) is 7.06. The lowest BCUT2D eigenvalue weighted by atomic mass is 10.2. The first kappa shape index (κ1) is 23.9. The molecule has 0 spiro atoms. The van der Waals surface area contributed by atoms with Crippen molar-refractivity contribution in [2.24, 2.45) is 0 Å². The van der Waals surface area contributed by atoms with Gasteiger partial charge in [-0.05, 0) is 44.9 Å².